The molecule has 0 radical (unpaired) electrons. The summed E-state index contributed by atoms with van der Waals surface area (Å²) in [6.07, 6.45) is 3.89. The van der Waals surface area contributed by atoms with Gasteiger partial charge in [0.15, 0.2) is 0 Å². The molecule has 3 heteroatoms. The molecular weight excluding hydrogens is 174 g/mol. The molecule has 2 rings (SSSR count). The van der Waals surface area contributed by atoms with Gasteiger partial charge in [-0.2, -0.15) is 0 Å². The van der Waals surface area contributed by atoms with Crippen molar-refractivity contribution in [2.24, 2.45) is 5.73 Å². The maximum atomic E-state index is 6.12. The van der Waals surface area contributed by atoms with E-state index >= 15 is 0 Å². The highest BCUT2D eigenvalue weighted by molar-refractivity contribution is 4.90. The van der Waals surface area contributed by atoms with Gasteiger partial charge in [-0.25, -0.2) is 0 Å². The number of nitrogens with zero attached hydrogens (tertiary/aromatic N) is 2. The maximum absolute atomic E-state index is 6.12. The number of hydrogen-bond donors (Lipinski definition) is 1. The SMILES string of the molecule is CCN1CCN(C2CCCC2N)CC1. The molecule has 2 atom stereocenters. The van der Waals surface area contributed by atoms with Gasteiger partial charge in [-0.05, 0) is 19.4 Å². The molecule has 1 saturated heterocycles. The Morgan fingerprint density at radius 3 is 2.36 bits per heavy atom. The van der Waals surface area contributed by atoms with Gasteiger partial charge in [0.25, 0.3) is 0 Å². The third kappa shape index (κ3) is 2.10. The van der Waals surface area contributed by atoms with Crippen molar-refractivity contribution in [3.8, 4) is 0 Å². The van der Waals surface area contributed by atoms with Crippen LogP contribution in [-0.2, 0) is 0 Å². The Labute approximate surface area is 87.2 Å². The molecular formula is C11H23N3. The molecule has 2 unspecified atom stereocenters. The van der Waals surface area contributed by atoms with Crippen LogP contribution in [0.2, 0.25) is 0 Å². The second kappa shape index (κ2) is 4.60. The molecule has 14 heavy (non-hydrogen) atoms. The van der Waals surface area contributed by atoms with Crippen LogP contribution in [0.15, 0.2) is 0 Å². The minimum absolute atomic E-state index is 0.447. The number of piperazine rings is 1. The van der Waals surface area contributed by atoms with Crippen molar-refractivity contribution in [3.05, 3.63) is 0 Å². The van der Waals surface area contributed by atoms with E-state index in [1.807, 2.05) is 0 Å². The summed E-state index contributed by atoms with van der Waals surface area (Å²) >= 11 is 0. The van der Waals surface area contributed by atoms with E-state index in [0.717, 1.165) is 0 Å². The van der Waals surface area contributed by atoms with Crippen molar-refractivity contribution in [2.45, 2.75) is 38.3 Å². The summed E-state index contributed by atoms with van der Waals surface area (Å²) in [4.78, 5) is 5.14. The molecule has 0 bridgehead atoms. The van der Waals surface area contributed by atoms with Crippen LogP contribution < -0.4 is 5.73 Å². The highest BCUT2D eigenvalue weighted by Gasteiger charge is 2.30. The highest BCUT2D eigenvalue weighted by atomic mass is 15.3. The van der Waals surface area contributed by atoms with E-state index in [-0.39, 0.29) is 0 Å². The minimum atomic E-state index is 0.447. The standard InChI is InChI=1S/C11H23N3/c1-2-13-6-8-14(9-7-13)11-5-3-4-10(11)12/h10-11H,2-9,12H2,1H3. The van der Waals surface area contributed by atoms with Crippen LogP contribution in [0.1, 0.15) is 26.2 Å². The predicted molar refractivity (Wildman–Crippen MR) is 59.3 cm³/mol. The average molecular weight is 197 g/mol. The van der Waals surface area contributed by atoms with E-state index in [4.69, 9.17) is 5.73 Å². The molecule has 1 heterocycles. The zero-order valence-electron chi connectivity index (χ0n) is 9.28. The van der Waals surface area contributed by atoms with Crippen molar-refractivity contribution >= 4 is 0 Å². The lowest BCUT2D eigenvalue weighted by molar-refractivity contribution is 0.0952. The summed E-state index contributed by atoms with van der Waals surface area (Å²) < 4.78 is 0. The molecule has 1 aliphatic heterocycles. The van der Waals surface area contributed by atoms with E-state index in [1.165, 1.54) is 52.0 Å². The van der Waals surface area contributed by atoms with E-state index in [1.54, 1.807) is 0 Å². The van der Waals surface area contributed by atoms with Gasteiger partial charge in [0.05, 0.1) is 0 Å². The largest absolute Gasteiger partial charge is 0.326 e. The Kier molecular flexibility index (Phi) is 3.42. The number of nitrogens with two attached hydrogens (primary N) is 1. The molecule has 1 saturated carbocycles. The van der Waals surface area contributed by atoms with Crippen molar-refractivity contribution in [3.63, 3.8) is 0 Å². The molecule has 2 N–H and O–H groups in total. The Morgan fingerprint density at radius 2 is 1.86 bits per heavy atom. The van der Waals surface area contributed by atoms with E-state index in [2.05, 4.69) is 16.7 Å². The summed E-state index contributed by atoms with van der Waals surface area (Å²) in [5, 5.41) is 0. The number of hydrogen-bond acceptors (Lipinski definition) is 3. The van der Waals surface area contributed by atoms with Crippen LogP contribution in [0.5, 0.6) is 0 Å². The lowest BCUT2D eigenvalue weighted by Gasteiger charge is -2.39. The fourth-order valence-corrected chi connectivity index (χ4v) is 2.83. The Balaban J connectivity index is 1.82. The summed E-state index contributed by atoms with van der Waals surface area (Å²) in [5.74, 6) is 0. The average Bonchev–Trinajstić information content (AvgIpc) is 2.65. The van der Waals surface area contributed by atoms with Gasteiger partial charge in [-0.15, -0.1) is 0 Å². The summed E-state index contributed by atoms with van der Waals surface area (Å²) in [5.41, 5.74) is 6.12. The number of likely N-dealkylation sites (N-methyl/N-ethyl adjacent to an activating group) is 1. The molecule has 2 fully saturated rings. The quantitative estimate of drug-likeness (QED) is 0.700. The minimum Gasteiger partial charge on any atom is -0.326 e. The maximum Gasteiger partial charge on any atom is 0.0248 e. The van der Waals surface area contributed by atoms with Gasteiger partial charge in [-0.1, -0.05) is 13.3 Å². The fourth-order valence-electron chi connectivity index (χ4n) is 2.83. The van der Waals surface area contributed by atoms with Crippen LogP contribution >= 0.6 is 0 Å². The summed E-state index contributed by atoms with van der Waals surface area (Å²) in [7, 11) is 0. The van der Waals surface area contributed by atoms with E-state index in [9.17, 15) is 0 Å². The van der Waals surface area contributed by atoms with Crippen molar-refractivity contribution < 1.29 is 0 Å². The first kappa shape index (κ1) is 10.4. The topological polar surface area (TPSA) is 32.5 Å². The molecule has 3 nitrogen and oxygen atoms in total. The van der Waals surface area contributed by atoms with E-state index < -0.39 is 0 Å². The Morgan fingerprint density at radius 1 is 1.14 bits per heavy atom. The van der Waals surface area contributed by atoms with Crippen molar-refractivity contribution in [1.29, 1.82) is 0 Å². The van der Waals surface area contributed by atoms with Crippen LogP contribution in [-0.4, -0.2) is 54.6 Å². The third-order valence-electron chi connectivity index (χ3n) is 3.85. The van der Waals surface area contributed by atoms with Crippen molar-refractivity contribution in [1.82, 2.24) is 9.80 Å². The molecule has 2 aliphatic rings. The summed E-state index contributed by atoms with van der Waals surface area (Å²) in [6.45, 7) is 8.37. The first-order valence-electron chi connectivity index (χ1n) is 6.03. The monoisotopic (exact) mass is 197 g/mol. The molecule has 0 aromatic rings. The first-order valence-corrected chi connectivity index (χ1v) is 6.03. The molecule has 0 spiro atoms. The third-order valence-corrected chi connectivity index (χ3v) is 3.85. The van der Waals surface area contributed by atoms with Gasteiger partial charge in [0, 0.05) is 38.3 Å². The zero-order valence-corrected chi connectivity index (χ0v) is 9.28. The Bertz CT molecular complexity index is 175. The van der Waals surface area contributed by atoms with Crippen LogP contribution in [0, 0.1) is 0 Å². The van der Waals surface area contributed by atoms with Crippen molar-refractivity contribution in [2.75, 3.05) is 32.7 Å². The smallest absolute Gasteiger partial charge is 0.0248 e. The van der Waals surface area contributed by atoms with Crippen LogP contribution in [0.4, 0.5) is 0 Å². The Hall–Kier alpha value is -0.120. The second-order valence-corrected chi connectivity index (χ2v) is 4.63. The van der Waals surface area contributed by atoms with Gasteiger partial charge in [-0.3, -0.25) is 4.90 Å². The molecule has 0 aromatic carbocycles. The molecule has 1 aliphatic carbocycles. The number of rotatable bonds is 2. The second-order valence-electron chi connectivity index (χ2n) is 4.63. The van der Waals surface area contributed by atoms with Crippen LogP contribution in [0.25, 0.3) is 0 Å². The summed E-state index contributed by atoms with van der Waals surface area (Å²) in [6, 6.07) is 1.14. The normalized spacial score (nSPS) is 36.4. The van der Waals surface area contributed by atoms with E-state index in [0.29, 0.717) is 12.1 Å². The lowest BCUT2D eigenvalue weighted by Crippen LogP contribution is -2.53. The predicted octanol–water partition coefficient (Wildman–Crippen LogP) is 0.504. The van der Waals surface area contributed by atoms with Gasteiger partial charge in [0.1, 0.15) is 0 Å². The van der Waals surface area contributed by atoms with Gasteiger partial charge in [0.2, 0.25) is 0 Å². The lowest BCUT2D eigenvalue weighted by atomic mass is 10.1. The zero-order chi connectivity index (χ0) is 9.97. The molecule has 0 aromatic heterocycles. The fraction of sp³-hybridized carbons (Fsp3) is 1.00. The van der Waals surface area contributed by atoms with Crippen LogP contribution in [0.3, 0.4) is 0 Å². The highest BCUT2D eigenvalue weighted by Crippen LogP contribution is 2.23. The molecule has 82 valence electrons. The first-order chi connectivity index (χ1) is 6.81. The van der Waals surface area contributed by atoms with Gasteiger partial charge < -0.3 is 10.6 Å². The molecule has 0 amide bonds. The van der Waals surface area contributed by atoms with Gasteiger partial charge >= 0.3 is 0 Å².